The van der Waals surface area contributed by atoms with Crippen LogP contribution < -0.4 is 5.73 Å². The molecule has 16 heavy (non-hydrogen) atoms. The summed E-state index contributed by atoms with van der Waals surface area (Å²) in [5.41, 5.74) is 5.27. The van der Waals surface area contributed by atoms with E-state index in [2.05, 4.69) is 5.16 Å². The highest BCUT2D eigenvalue weighted by molar-refractivity contribution is 7.86. The van der Waals surface area contributed by atoms with Crippen LogP contribution in [0.3, 0.4) is 0 Å². The van der Waals surface area contributed by atoms with Gasteiger partial charge in [0.25, 0.3) is 10.2 Å². The Morgan fingerprint density at radius 1 is 1.44 bits per heavy atom. The lowest BCUT2D eigenvalue weighted by atomic mass is 10.4. The maximum atomic E-state index is 11.9. The molecular formula is C8H20N4O3S. The summed E-state index contributed by atoms with van der Waals surface area (Å²) < 4.78 is 26.2. The highest BCUT2D eigenvalue weighted by atomic mass is 32.2. The third-order valence-electron chi connectivity index (χ3n) is 2.30. The molecule has 0 saturated carbocycles. The molecular weight excluding hydrogens is 232 g/mol. The molecule has 0 unspecified atom stereocenters. The van der Waals surface area contributed by atoms with Crippen LogP contribution in [0.1, 0.15) is 20.3 Å². The summed E-state index contributed by atoms with van der Waals surface area (Å²) in [6.07, 6.45) is 0.193. The van der Waals surface area contributed by atoms with E-state index in [0.717, 1.165) is 0 Å². The Labute approximate surface area is 96.7 Å². The molecule has 8 heteroatoms. The number of hydrogen-bond donors (Lipinski definition) is 2. The maximum absolute atomic E-state index is 11.9. The van der Waals surface area contributed by atoms with E-state index < -0.39 is 10.2 Å². The van der Waals surface area contributed by atoms with Crippen molar-refractivity contribution < 1.29 is 13.6 Å². The first-order valence-corrected chi connectivity index (χ1v) is 6.28. The van der Waals surface area contributed by atoms with Crippen LogP contribution in [0.15, 0.2) is 5.16 Å². The van der Waals surface area contributed by atoms with Gasteiger partial charge < -0.3 is 10.9 Å². The maximum Gasteiger partial charge on any atom is 0.281 e. The van der Waals surface area contributed by atoms with Crippen molar-refractivity contribution in [3.63, 3.8) is 0 Å². The van der Waals surface area contributed by atoms with E-state index in [-0.39, 0.29) is 24.8 Å². The molecule has 0 aromatic carbocycles. The molecule has 0 fully saturated rings. The average Bonchev–Trinajstić information content (AvgIpc) is 2.23. The predicted molar refractivity (Wildman–Crippen MR) is 62.5 cm³/mol. The molecule has 7 nitrogen and oxygen atoms in total. The van der Waals surface area contributed by atoms with Gasteiger partial charge in [0.05, 0.1) is 0 Å². The second-order valence-corrected chi connectivity index (χ2v) is 5.88. The van der Waals surface area contributed by atoms with Gasteiger partial charge in [-0.2, -0.15) is 17.0 Å². The molecule has 0 aliphatic rings. The first kappa shape index (κ1) is 15.1. The Bertz CT molecular complexity index is 339. The lowest BCUT2D eigenvalue weighted by molar-refractivity contribution is 0.315. The Hall–Kier alpha value is -0.860. The van der Waals surface area contributed by atoms with Crippen LogP contribution in [0.5, 0.6) is 0 Å². The van der Waals surface area contributed by atoms with Gasteiger partial charge in [-0.3, -0.25) is 0 Å². The number of hydrogen-bond acceptors (Lipinski definition) is 4. The van der Waals surface area contributed by atoms with Gasteiger partial charge in [0.15, 0.2) is 0 Å². The Morgan fingerprint density at radius 2 is 1.94 bits per heavy atom. The summed E-state index contributed by atoms with van der Waals surface area (Å²) in [5.74, 6) is 0.00856. The fourth-order valence-corrected chi connectivity index (χ4v) is 2.22. The zero-order valence-corrected chi connectivity index (χ0v) is 10.9. The minimum atomic E-state index is -3.47. The van der Waals surface area contributed by atoms with Gasteiger partial charge >= 0.3 is 0 Å². The summed E-state index contributed by atoms with van der Waals surface area (Å²) in [6.45, 7) is 3.75. The molecule has 0 bridgehead atoms. The summed E-state index contributed by atoms with van der Waals surface area (Å²) in [5, 5.41) is 11.1. The van der Waals surface area contributed by atoms with Gasteiger partial charge in [0.1, 0.15) is 5.84 Å². The minimum absolute atomic E-state index is 0.00856. The number of amidine groups is 1. The standard InChI is InChI=1S/C8H20N4O3S/c1-7(2)12(4)16(14,15)11(3)6-5-8(9)10-13/h7,13H,5-6H2,1-4H3,(H2,9,10). The van der Waals surface area contributed by atoms with Gasteiger partial charge in [-0.15, -0.1) is 0 Å². The predicted octanol–water partition coefficient (Wildman–Crippen LogP) is -0.360. The van der Waals surface area contributed by atoms with E-state index in [0.29, 0.717) is 0 Å². The summed E-state index contributed by atoms with van der Waals surface area (Å²) in [7, 11) is -0.497. The highest BCUT2D eigenvalue weighted by Crippen LogP contribution is 2.08. The number of rotatable bonds is 6. The molecule has 0 aliphatic heterocycles. The van der Waals surface area contributed by atoms with Crippen LogP contribution >= 0.6 is 0 Å². The normalized spacial score (nSPS) is 14.1. The molecule has 0 spiro atoms. The number of oxime groups is 1. The molecule has 0 rings (SSSR count). The molecule has 0 aliphatic carbocycles. The topological polar surface area (TPSA) is 99.2 Å². The van der Waals surface area contributed by atoms with E-state index in [4.69, 9.17) is 10.9 Å². The average molecular weight is 252 g/mol. The van der Waals surface area contributed by atoms with E-state index in [1.807, 2.05) is 0 Å². The summed E-state index contributed by atoms with van der Waals surface area (Å²) in [4.78, 5) is 0. The van der Waals surface area contributed by atoms with Crippen molar-refractivity contribution in [1.82, 2.24) is 8.61 Å². The van der Waals surface area contributed by atoms with Gasteiger partial charge in [-0.05, 0) is 13.8 Å². The largest absolute Gasteiger partial charge is 0.409 e. The zero-order chi connectivity index (χ0) is 12.9. The van der Waals surface area contributed by atoms with Gasteiger partial charge in [-0.25, -0.2) is 0 Å². The summed E-state index contributed by atoms with van der Waals surface area (Å²) in [6, 6.07) is -0.115. The molecule has 0 atom stereocenters. The van der Waals surface area contributed by atoms with Crippen molar-refractivity contribution in [2.45, 2.75) is 26.3 Å². The molecule has 0 heterocycles. The molecule has 0 aromatic heterocycles. The van der Waals surface area contributed by atoms with Crippen molar-refractivity contribution in [2.75, 3.05) is 20.6 Å². The van der Waals surface area contributed by atoms with Gasteiger partial charge in [0.2, 0.25) is 0 Å². The van der Waals surface area contributed by atoms with Crippen molar-refractivity contribution in [3.8, 4) is 0 Å². The monoisotopic (exact) mass is 252 g/mol. The lowest BCUT2D eigenvalue weighted by Crippen LogP contribution is -2.43. The van der Waals surface area contributed by atoms with Gasteiger partial charge in [-0.1, -0.05) is 5.16 Å². The second-order valence-electron chi connectivity index (χ2n) is 3.78. The lowest BCUT2D eigenvalue weighted by Gasteiger charge is -2.26. The second kappa shape index (κ2) is 6.02. The van der Waals surface area contributed by atoms with E-state index >= 15 is 0 Å². The van der Waals surface area contributed by atoms with Crippen LogP contribution in [0.25, 0.3) is 0 Å². The van der Waals surface area contributed by atoms with E-state index in [9.17, 15) is 8.42 Å². The smallest absolute Gasteiger partial charge is 0.281 e. The van der Waals surface area contributed by atoms with Crippen molar-refractivity contribution >= 4 is 16.0 Å². The fraction of sp³-hybridized carbons (Fsp3) is 0.875. The Kier molecular flexibility index (Phi) is 5.70. The minimum Gasteiger partial charge on any atom is -0.409 e. The number of nitrogens with two attached hydrogens (primary N) is 1. The third-order valence-corrected chi connectivity index (χ3v) is 4.42. The van der Waals surface area contributed by atoms with Crippen LogP contribution in [0.4, 0.5) is 0 Å². The van der Waals surface area contributed by atoms with Crippen molar-refractivity contribution in [1.29, 1.82) is 0 Å². The molecule has 96 valence electrons. The van der Waals surface area contributed by atoms with Crippen LogP contribution in [0, 0.1) is 0 Å². The fourth-order valence-electron chi connectivity index (χ4n) is 0.924. The Balaban J connectivity index is 4.54. The van der Waals surface area contributed by atoms with Crippen LogP contribution in [0.2, 0.25) is 0 Å². The zero-order valence-electron chi connectivity index (χ0n) is 10.1. The Morgan fingerprint density at radius 3 is 2.31 bits per heavy atom. The molecule has 0 amide bonds. The molecule has 0 radical (unpaired) electrons. The van der Waals surface area contributed by atoms with Crippen molar-refractivity contribution in [2.24, 2.45) is 10.9 Å². The van der Waals surface area contributed by atoms with Gasteiger partial charge in [0, 0.05) is 33.1 Å². The van der Waals surface area contributed by atoms with Crippen LogP contribution in [-0.2, 0) is 10.2 Å². The van der Waals surface area contributed by atoms with E-state index in [1.165, 1.54) is 22.7 Å². The van der Waals surface area contributed by atoms with Crippen LogP contribution in [-0.4, -0.2) is 54.8 Å². The summed E-state index contributed by atoms with van der Waals surface area (Å²) >= 11 is 0. The third kappa shape index (κ3) is 3.95. The first-order chi connectivity index (χ1) is 7.23. The highest BCUT2D eigenvalue weighted by Gasteiger charge is 2.25. The van der Waals surface area contributed by atoms with E-state index in [1.54, 1.807) is 13.8 Å². The SMILES string of the molecule is CC(C)N(C)S(=O)(=O)N(C)CCC(N)=NO. The molecule has 3 N–H and O–H groups in total. The number of nitrogens with zero attached hydrogens (tertiary/aromatic N) is 3. The quantitative estimate of drug-likeness (QED) is 0.292. The molecule has 0 aromatic rings. The first-order valence-electron chi connectivity index (χ1n) is 4.89. The van der Waals surface area contributed by atoms with Crippen molar-refractivity contribution in [3.05, 3.63) is 0 Å². The molecule has 0 saturated heterocycles.